The van der Waals surface area contributed by atoms with Crippen LogP contribution in [0.25, 0.3) is 0 Å². The zero-order valence-corrected chi connectivity index (χ0v) is 12.8. The summed E-state index contributed by atoms with van der Waals surface area (Å²) in [4.78, 5) is 2.25. The van der Waals surface area contributed by atoms with Gasteiger partial charge in [0.15, 0.2) is 0 Å². The predicted molar refractivity (Wildman–Crippen MR) is 84.1 cm³/mol. The fourth-order valence-electron chi connectivity index (χ4n) is 2.56. The molecule has 108 valence electrons. The van der Waals surface area contributed by atoms with Crippen molar-refractivity contribution in [3.05, 3.63) is 53.0 Å². The van der Waals surface area contributed by atoms with Crippen LogP contribution in [0, 0.1) is 13.8 Å². The largest absolute Gasteiger partial charge is 0.469 e. The van der Waals surface area contributed by atoms with Crippen LogP contribution >= 0.6 is 0 Å². The van der Waals surface area contributed by atoms with Crippen LogP contribution in [-0.4, -0.2) is 13.1 Å². The van der Waals surface area contributed by atoms with Gasteiger partial charge >= 0.3 is 0 Å². The fourth-order valence-corrected chi connectivity index (χ4v) is 2.56. The van der Waals surface area contributed by atoms with Gasteiger partial charge in [0.05, 0.1) is 6.26 Å². The van der Waals surface area contributed by atoms with Gasteiger partial charge < -0.3 is 15.1 Å². The Hall–Kier alpha value is -1.74. The molecule has 2 N–H and O–H groups in total. The highest BCUT2D eigenvalue weighted by Crippen LogP contribution is 2.23. The molecule has 0 saturated carbocycles. The molecule has 1 unspecified atom stereocenters. The smallest absolute Gasteiger partial charge is 0.105 e. The first-order chi connectivity index (χ1) is 9.47. The monoisotopic (exact) mass is 272 g/mol. The van der Waals surface area contributed by atoms with Crippen LogP contribution in [-0.2, 0) is 13.0 Å². The van der Waals surface area contributed by atoms with Gasteiger partial charge in [-0.15, -0.1) is 0 Å². The minimum absolute atomic E-state index is 0.201. The zero-order chi connectivity index (χ0) is 14.7. The molecule has 0 aliphatic carbocycles. The lowest BCUT2D eigenvalue weighted by molar-refractivity contribution is 0.529. The molecule has 0 aliphatic heterocycles. The van der Waals surface area contributed by atoms with Crippen molar-refractivity contribution in [2.45, 2.75) is 39.8 Å². The van der Waals surface area contributed by atoms with Gasteiger partial charge in [-0.25, -0.2) is 0 Å². The molecule has 1 heterocycles. The first kappa shape index (κ1) is 14.7. The van der Waals surface area contributed by atoms with Crippen molar-refractivity contribution < 1.29 is 4.42 Å². The number of hydrogen-bond donors (Lipinski definition) is 1. The van der Waals surface area contributed by atoms with Gasteiger partial charge in [-0.05, 0) is 50.5 Å². The third kappa shape index (κ3) is 3.42. The third-order valence-corrected chi connectivity index (χ3v) is 3.60. The number of nitrogens with zero attached hydrogens (tertiary/aromatic N) is 1. The van der Waals surface area contributed by atoms with Crippen molar-refractivity contribution in [1.82, 2.24) is 0 Å². The zero-order valence-electron chi connectivity index (χ0n) is 12.8. The van der Waals surface area contributed by atoms with Crippen LogP contribution in [0.2, 0.25) is 0 Å². The molecule has 3 heteroatoms. The van der Waals surface area contributed by atoms with Crippen LogP contribution in [0.3, 0.4) is 0 Å². The molecule has 1 aromatic carbocycles. The Morgan fingerprint density at radius 3 is 2.55 bits per heavy atom. The van der Waals surface area contributed by atoms with E-state index >= 15 is 0 Å². The normalized spacial score (nSPS) is 12.4. The summed E-state index contributed by atoms with van der Waals surface area (Å²) in [5.41, 5.74) is 10.9. The first-order valence-electron chi connectivity index (χ1n) is 7.06. The number of aryl methyl sites for hydroxylation is 2. The highest BCUT2D eigenvalue weighted by atomic mass is 16.3. The molecule has 2 aromatic rings. The minimum atomic E-state index is 0.201. The average molecular weight is 272 g/mol. The second kappa shape index (κ2) is 6.14. The number of nitrogens with two attached hydrogens (primary N) is 1. The lowest BCUT2D eigenvalue weighted by Gasteiger charge is -2.22. The summed E-state index contributed by atoms with van der Waals surface area (Å²) in [6.45, 7) is 7.05. The first-order valence-corrected chi connectivity index (χ1v) is 7.06. The highest BCUT2D eigenvalue weighted by molar-refractivity contribution is 5.54. The van der Waals surface area contributed by atoms with Gasteiger partial charge in [-0.3, -0.25) is 0 Å². The number of anilines is 1. The van der Waals surface area contributed by atoms with E-state index in [0.717, 1.165) is 18.7 Å². The molecule has 3 nitrogen and oxygen atoms in total. The van der Waals surface area contributed by atoms with Crippen molar-refractivity contribution in [3.63, 3.8) is 0 Å². The Morgan fingerprint density at radius 2 is 2.00 bits per heavy atom. The van der Waals surface area contributed by atoms with E-state index in [0.29, 0.717) is 0 Å². The number of benzene rings is 1. The molecule has 0 radical (unpaired) electrons. The van der Waals surface area contributed by atoms with Crippen LogP contribution in [0.15, 0.2) is 34.9 Å². The lowest BCUT2D eigenvalue weighted by Crippen LogP contribution is -2.19. The molecule has 2 rings (SSSR count). The van der Waals surface area contributed by atoms with Crippen LogP contribution in [0.5, 0.6) is 0 Å². The van der Waals surface area contributed by atoms with Gasteiger partial charge in [0.1, 0.15) is 5.76 Å². The fraction of sp³-hybridized carbons (Fsp3) is 0.412. The van der Waals surface area contributed by atoms with E-state index in [2.05, 4.69) is 37.1 Å². The SMILES string of the molecule is Cc1cc(CC(C)N)ccc1N(C)Cc1ccoc1C. The molecule has 0 bridgehead atoms. The van der Waals surface area contributed by atoms with Crippen molar-refractivity contribution in [1.29, 1.82) is 0 Å². The quantitative estimate of drug-likeness (QED) is 0.907. The van der Waals surface area contributed by atoms with E-state index in [9.17, 15) is 0 Å². The Labute approximate surface area is 121 Å². The van der Waals surface area contributed by atoms with Gasteiger partial charge in [-0.2, -0.15) is 0 Å². The van der Waals surface area contributed by atoms with E-state index in [1.54, 1.807) is 6.26 Å². The molecule has 0 fully saturated rings. The molecule has 1 atom stereocenters. The molecule has 0 spiro atoms. The summed E-state index contributed by atoms with van der Waals surface area (Å²) in [5.74, 6) is 0.989. The van der Waals surface area contributed by atoms with Gasteiger partial charge in [-0.1, -0.05) is 12.1 Å². The van der Waals surface area contributed by atoms with Gasteiger partial charge in [0.2, 0.25) is 0 Å². The molecular weight excluding hydrogens is 248 g/mol. The predicted octanol–water partition coefficient (Wildman–Crippen LogP) is 3.42. The Morgan fingerprint density at radius 1 is 1.25 bits per heavy atom. The van der Waals surface area contributed by atoms with Crippen LogP contribution in [0.4, 0.5) is 5.69 Å². The number of hydrogen-bond acceptors (Lipinski definition) is 3. The summed E-state index contributed by atoms with van der Waals surface area (Å²) < 4.78 is 5.35. The molecule has 1 aromatic heterocycles. The van der Waals surface area contributed by atoms with Crippen molar-refractivity contribution in [2.24, 2.45) is 5.73 Å². The standard InChI is InChI=1S/C17H24N2O/c1-12-9-15(10-13(2)18)5-6-17(12)19(4)11-16-7-8-20-14(16)3/h5-9,13H,10-11,18H2,1-4H3. The second-order valence-electron chi connectivity index (χ2n) is 5.66. The summed E-state index contributed by atoms with van der Waals surface area (Å²) in [7, 11) is 2.11. The molecule has 0 amide bonds. The van der Waals surface area contributed by atoms with E-state index in [1.165, 1.54) is 22.4 Å². The van der Waals surface area contributed by atoms with E-state index in [4.69, 9.17) is 10.2 Å². The summed E-state index contributed by atoms with van der Waals surface area (Å²) in [6.07, 6.45) is 2.67. The van der Waals surface area contributed by atoms with Gasteiger partial charge in [0, 0.05) is 30.9 Å². The van der Waals surface area contributed by atoms with Crippen LogP contribution < -0.4 is 10.6 Å². The molecule has 0 aliphatic rings. The molecule has 0 saturated heterocycles. The maximum atomic E-state index is 5.86. The van der Waals surface area contributed by atoms with Gasteiger partial charge in [0.25, 0.3) is 0 Å². The summed E-state index contributed by atoms with van der Waals surface area (Å²) >= 11 is 0. The molecular formula is C17H24N2O. The van der Waals surface area contributed by atoms with Crippen molar-refractivity contribution in [2.75, 3.05) is 11.9 Å². The van der Waals surface area contributed by atoms with Crippen molar-refractivity contribution >= 4 is 5.69 Å². The third-order valence-electron chi connectivity index (χ3n) is 3.60. The van der Waals surface area contributed by atoms with Crippen LogP contribution in [0.1, 0.15) is 29.4 Å². The van der Waals surface area contributed by atoms with E-state index < -0.39 is 0 Å². The maximum absolute atomic E-state index is 5.86. The summed E-state index contributed by atoms with van der Waals surface area (Å²) in [6, 6.07) is 8.82. The topological polar surface area (TPSA) is 42.4 Å². The second-order valence-corrected chi connectivity index (χ2v) is 5.66. The molecule has 20 heavy (non-hydrogen) atoms. The summed E-state index contributed by atoms with van der Waals surface area (Å²) in [5, 5.41) is 0. The highest BCUT2D eigenvalue weighted by Gasteiger charge is 2.09. The van der Waals surface area contributed by atoms with E-state index in [1.807, 2.05) is 19.9 Å². The van der Waals surface area contributed by atoms with Crippen molar-refractivity contribution in [3.8, 4) is 0 Å². The number of rotatable bonds is 5. The Kier molecular flexibility index (Phi) is 4.50. The lowest BCUT2D eigenvalue weighted by atomic mass is 10.0. The van der Waals surface area contributed by atoms with E-state index in [-0.39, 0.29) is 6.04 Å². The Bertz CT molecular complexity index is 572. The average Bonchev–Trinajstić information content (AvgIpc) is 2.74. The minimum Gasteiger partial charge on any atom is -0.469 e. The maximum Gasteiger partial charge on any atom is 0.105 e. The Balaban J connectivity index is 2.14. The number of furan rings is 1.